The second kappa shape index (κ2) is 7.31. The topological polar surface area (TPSA) is 20.3 Å². The van der Waals surface area contributed by atoms with E-state index in [1.54, 1.807) is 0 Å². The number of hydrogen-bond donors (Lipinski definition) is 0. The van der Waals surface area contributed by atoms with Gasteiger partial charge >= 0.3 is 0 Å². The van der Waals surface area contributed by atoms with E-state index in [1.165, 1.54) is 11.1 Å². The molecule has 1 heterocycles. The molecule has 0 aromatic rings. The first-order valence-corrected chi connectivity index (χ1v) is 6.66. The van der Waals surface area contributed by atoms with E-state index < -0.39 is 0 Å². The fourth-order valence-electron chi connectivity index (χ4n) is 2.01. The molecule has 0 aliphatic carbocycles. The van der Waals surface area contributed by atoms with Crippen LogP contribution < -0.4 is 0 Å². The molecule has 0 radical (unpaired) electrons. The molecule has 0 N–H and O–H groups in total. The van der Waals surface area contributed by atoms with Crippen molar-refractivity contribution in [2.24, 2.45) is 0 Å². The highest BCUT2D eigenvalue weighted by molar-refractivity contribution is 5.76. The van der Waals surface area contributed by atoms with E-state index in [0.717, 1.165) is 45.2 Å². The van der Waals surface area contributed by atoms with E-state index in [-0.39, 0.29) is 0 Å². The van der Waals surface area contributed by atoms with Crippen molar-refractivity contribution in [1.29, 1.82) is 0 Å². The van der Waals surface area contributed by atoms with E-state index in [0.29, 0.717) is 5.91 Å². The summed E-state index contributed by atoms with van der Waals surface area (Å²) >= 11 is 0. The predicted octanol–water partition coefficient (Wildman–Crippen LogP) is 3.69. The van der Waals surface area contributed by atoms with Crippen LogP contribution in [-0.4, -0.2) is 23.9 Å². The van der Waals surface area contributed by atoms with Crippen LogP contribution in [0, 0.1) is 0 Å². The zero-order chi connectivity index (χ0) is 12.7. The van der Waals surface area contributed by atoms with Gasteiger partial charge in [0.1, 0.15) is 0 Å². The summed E-state index contributed by atoms with van der Waals surface area (Å²) in [6.45, 7) is 8.17. The van der Waals surface area contributed by atoms with Crippen molar-refractivity contribution in [3.63, 3.8) is 0 Å². The molecule has 96 valence electrons. The lowest BCUT2D eigenvalue weighted by molar-refractivity contribution is -0.132. The van der Waals surface area contributed by atoms with E-state index in [4.69, 9.17) is 0 Å². The first kappa shape index (κ1) is 14.0. The van der Waals surface area contributed by atoms with E-state index in [9.17, 15) is 4.79 Å². The third-order valence-electron chi connectivity index (χ3n) is 3.17. The lowest BCUT2D eigenvalue weighted by Gasteiger charge is -2.25. The van der Waals surface area contributed by atoms with Crippen molar-refractivity contribution in [2.75, 3.05) is 13.1 Å². The van der Waals surface area contributed by atoms with Crippen molar-refractivity contribution >= 4 is 5.91 Å². The molecule has 0 atom stereocenters. The van der Waals surface area contributed by atoms with Gasteiger partial charge in [0.15, 0.2) is 0 Å². The summed E-state index contributed by atoms with van der Waals surface area (Å²) in [6, 6.07) is 0. The van der Waals surface area contributed by atoms with Crippen LogP contribution in [0.2, 0.25) is 0 Å². The number of likely N-dealkylation sites (tertiary alicyclic amines) is 1. The van der Waals surface area contributed by atoms with Crippen molar-refractivity contribution < 1.29 is 4.79 Å². The monoisotopic (exact) mass is 235 g/mol. The van der Waals surface area contributed by atoms with Crippen LogP contribution in [0.3, 0.4) is 0 Å². The van der Waals surface area contributed by atoms with Gasteiger partial charge in [0.25, 0.3) is 0 Å². The highest BCUT2D eigenvalue weighted by Gasteiger charge is 2.16. The number of rotatable bonds is 5. The molecule has 1 amide bonds. The molecular weight excluding hydrogens is 210 g/mol. The highest BCUT2D eigenvalue weighted by Crippen LogP contribution is 2.12. The van der Waals surface area contributed by atoms with Gasteiger partial charge in [0.2, 0.25) is 5.91 Å². The number of carbonyl (C=O) groups is 1. The number of allylic oxidation sites excluding steroid dienone is 3. The van der Waals surface area contributed by atoms with Gasteiger partial charge in [0.05, 0.1) is 0 Å². The lowest BCUT2D eigenvalue weighted by atomic mass is 10.1. The van der Waals surface area contributed by atoms with Gasteiger partial charge in [-0.25, -0.2) is 0 Å². The minimum atomic E-state index is 0.324. The normalized spacial score (nSPS) is 17.2. The van der Waals surface area contributed by atoms with Gasteiger partial charge in [-0.05, 0) is 46.5 Å². The molecule has 1 aliphatic heterocycles. The largest absolute Gasteiger partial charge is 0.339 e. The molecule has 0 aromatic heterocycles. The minimum absolute atomic E-state index is 0.324. The first-order chi connectivity index (χ1) is 8.09. The standard InChI is InChI=1S/C15H25NO/c1-13(2)7-6-8-14(3)10-12-16-11-5-4-9-15(16)17/h7,10H,4-6,8-9,11-12H2,1-3H3/b14-10+. The Morgan fingerprint density at radius 3 is 2.65 bits per heavy atom. The maximum Gasteiger partial charge on any atom is 0.222 e. The number of piperidine rings is 1. The molecule has 0 spiro atoms. The van der Waals surface area contributed by atoms with Crippen molar-refractivity contribution in [3.05, 3.63) is 23.3 Å². The summed E-state index contributed by atoms with van der Waals surface area (Å²) in [7, 11) is 0. The van der Waals surface area contributed by atoms with Gasteiger partial charge in [-0.1, -0.05) is 23.3 Å². The maximum atomic E-state index is 11.6. The van der Waals surface area contributed by atoms with Gasteiger partial charge in [0, 0.05) is 19.5 Å². The van der Waals surface area contributed by atoms with Gasteiger partial charge in [-0.2, -0.15) is 0 Å². The fourth-order valence-corrected chi connectivity index (χ4v) is 2.01. The Kier molecular flexibility index (Phi) is 6.03. The van der Waals surface area contributed by atoms with E-state index in [2.05, 4.69) is 32.9 Å². The molecule has 1 aliphatic rings. The predicted molar refractivity (Wildman–Crippen MR) is 72.9 cm³/mol. The molecule has 2 nitrogen and oxygen atoms in total. The van der Waals surface area contributed by atoms with Crippen LogP contribution >= 0.6 is 0 Å². The van der Waals surface area contributed by atoms with Crippen LogP contribution in [0.1, 0.15) is 52.9 Å². The smallest absolute Gasteiger partial charge is 0.222 e. The van der Waals surface area contributed by atoms with Crippen LogP contribution in [0.15, 0.2) is 23.3 Å². The Bertz CT molecular complexity index is 311. The number of amides is 1. The molecule has 1 rings (SSSR count). The van der Waals surface area contributed by atoms with Crippen molar-refractivity contribution in [3.8, 4) is 0 Å². The zero-order valence-corrected chi connectivity index (χ0v) is 11.5. The minimum Gasteiger partial charge on any atom is -0.339 e. The third-order valence-corrected chi connectivity index (χ3v) is 3.17. The van der Waals surface area contributed by atoms with Crippen molar-refractivity contribution in [2.45, 2.75) is 52.9 Å². The Hall–Kier alpha value is -1.05. The van der Waals surface area contributed by atoms with Crippen LogP contribution in [-0.2, 0) is 4.79 Å². The van der Waals surface area contributed by atoms with Crippen LogP contribution in [0.5, 0.6) is 0 Å². The molecule has 1 fully saturated rings. The van der Waals surface area contributed by atoms with E-state index >= 15 is 0 Å². The van der Waals surface area contributed by atoms with Gasteiger partial charge in [-0.15, -0.1) is 0 Å². The Balaban J connectivity index is 2.31. The van der Waals surface area contributed by atoms with Gasteiger partial charge in [-0.3, -0.25) is 4.79 Å². The molecule has 2 heteroatoms. The molecular formula is C15H25NO. The third kappa shape index (κ3) is 5.71. The Labute approximate surface area is 105 Å². The second-order valence-electron chi connectivity index (χ2n) is 5.17. The SMILES string of the molecule is CC(C)=CCC/C(C)=C/CN1CCCCC1=O. The molecule has 0 saturated carbocycles. The van der Waals surface area contributed by atoms with Crippen molar-refractivity contribution in [1.82, 2.24) is 4.90 Å². The number of nitrogens with zero attached hydrogens (tertiary/aromatic N) is 1. The summed E-state index contributed by atoms with van der Waals surface area (Å²) in [5, 5.41) is 0. The van der Waals surface area contributed by atoms with Crippen LogP contribution in [0.25, 0.3) is 0 Å². The molecule has 0 unspecified atom stereocenters. The quantitative estimate of drug-likeness (QED) is 0.665. The molecule has 1 saturated heterocycles. The molecule has 17 heavy (non-hydrogen) atoms. The maximum absolute atomic E-state index is 11.6. The summed E-state index contributed by atoms with van der Waals surface area (Å²) in [5.74, 6) is 0.324. The fraction of sp³-hybridized carbons (Fsp3) is 0.667. The number of hydrogen-bond acceptors (Lipinski definition) is 1. The first-order valence-electron chi connectivity index (χ1n) is 6.66. The number of carbonyl (C=O) groups excluding carboxylic acids is 1. The lowest BCUT2D eigenvalue weighted by Crippen LogP contribution is -2.35. The van der Waals surface area contributed by atoms with E-state index in [1.807, 2.05) is 4.90 Å². The average molecular weight is 235 g/mol. The summed E-state index contributed by atoms with van der Waals surface area (Å²) < 4.78 is 0. The Morgan fingerprint density at radius 2 is 2.00 bits per heavy atom. The summed E-state index contributed by atoms with van der Waals surface area (Å²) in [4.78, 5) is 13.6. The highest BCUT2D eigenvalue weighted by atomic mass is 16.2. The van der Waals surface area contributed by atoms with Gasteiger partial charge < -0.3 is 4.90 Å². The summed E-state index contributed by atoms with van der Waals surface area (Å²) in [6.07, 6.45) is 9.66. The zero-order valence-electron chi connectivity index (χ0n) is 11.5. The molecule has 0 bridgehead atoms. The summed E-state index contributed by atoms with van der Waals surface area (Å²) in [5.41, 5.74) is 2.77. The Morgan fingerprint density at radius 1 is 1.24 bits per heavy atom. The molecule has 0 aromatic carbocycles. The second-order valence-corrected chi connectivity index (χ2v) is 5.17. The van der Waals surface area contributed by atoms with Crippen LogP contribution in [0.4, 0.5) is 0 Å². The average Bonchev–Trinajstić information content (AvgIpc) is 2.27.